The van der Waals surface area contributed by atoms with E-state index < -0.39 is 0 Å². The van der Waals surface area contributed by atoms with Crippen molar-refractivity contribution in [1.82, 2.24) is 10.5 Å². The van der Waals surface area contributed by atoms with E-state index >= 15 is 0 Å². The van der Waals surface area contributed by atoms with Crippen molar-refractivity contribution in [3.05, 3.63) is 17.5 Å². The lowest BCUT2D eigenvalue weighted by atomic mass is 10.0. The molecule has 0 fully saturated rings. The molecule has 1 heterocycles. The van der Waals surface area contributed by atoms with E-state index in [0.29, 0.717) is 24.6 Å². The molecule has 96 valence electrons. The average Bonchev–Trinajstić information content (AvgIpc) is 2.73. The molecule has 0 aromatic carbocycles. The Kier molecular flexibility index (Phi) is 5.69. The molecule has 17 heavy (non-hydrogen) atoms. The summed E-state index contributed by atoms with van der Waals surface area (Å²) in [5, 5.41) is 15.4. The number of aryl methyl sites for hydroxylation is 1. The van der Waals surface area contributed by atoms with Gasteiger partial charge in [0.25, 0.3) is 5.91 Å². The van der Waals surface area contributed by atoms with Crippen molar-refractivity contribution in [2.75, 3.05) is 13.2 Å². The summed E-state index contributed by atoms with van der Waals surface area (Å²) in [6, 6.07) is 1.61. The van der Waals surface area contributed by atoms with Crippen LogP contribution in [0.15, 0.2) is 10.6 Å². The summed E-state index contributed by atoms with van der Waals surface area (Å²) in [6.07, 6.45) is 2.75. The van der Waals surface area contributed by atoms with Crippen molar-refractivity contribution in [3.8, 4) is 0 Å². The van der Waals surface area contributed by atoms with Gasteiger partial charge < -0.3 is 14.9 Å². The number of hydrogen-bond acceptors (Lipinski definition) is 4. The second-order valence-corrected chi connectivity index (χ2v) is 4.21. The molecule has 0 saturated heterocycles. The summed E-state index contributed by atoms with van der Waals surface area (Å²) in [6.45, 7) is 4.58. The van der Waals surface area contributed by atoms with Crippen molar-refractivity contribution in [1.29, 1.82) is 0 Å². The maximum Gasteiger partial charge on any atom is 0.289 e. The number of carbonyl (C=O) groups is 1. The van der Waals surface area contributed by atoms with E-state index in [1.54, 1.807) is 13.0 Å². The molecule has 0 radical (unpaired) electrons. The summed E-state index contributed by atoms with van der Waals surface area (Å²) < 4.78 is 4.87. The van der Waals surface area contributed by atoms with Crippen LogP contribution >= 0.6 is 0 Å². The lowest BCUT2D eigenvalue weighted by Gasteiger charge is -2.14. The molecule has 0 bridgehead atoms. The van der Waals surface area contributed by atoms with Crippen LogP contribution in [0, 0.1) is 12.8 Å². The molecule has 1 aromatic rings. The summed E-state index contributed by atoms with van der Waals surface area (Å²) in [5.41, 5.74) is 0.690. The topological polar surface area (TPSA) is 75.4 Å². The maximum atomic E-state index is 11.7. The predicted molar refractivity (Wildman–Crippen MR) is 63.7 cm³/mol. The maximum absolute atomic E-state index is 11.7. The molecular weight excluding hydrogens is 220 g/mol. The minimum Gasteiger partial charge on any atom is -0.396 e. The van der Waals surface area contributed by atoms with Gasteiger partial charge in [-0.1, -0.05) is 18.5 Å². The molecule has 0 aliphatic heterocycles. The van der Waals surface area contributed by atoms with E-state index in [0.717, 1.165) is 12.8 Å². The van der Waals surface area contributed by atoms with Crippen molar-refractivity contribution in [2.24, 2.45) is 5.92 Å². The third-order valence-electron chi connectivity index (χ3n) is 2.64. The van der Waals surface area contributed by atoms with Gasteiger partial charge in [-0.3, -0.25) is 4.79 Å². The normalized spacial score (nSPS) is 12.4. The Balaban J connectivity index is 2.40. The van der Waals surface area contributed by atoms with Crippen LogP contribution in [0.25, 0.3) is 0 Å². The fraction of sp³-hybridized carbons (Fsp3) is 0.667. The van der Waals surface area contributed by atoms with Crippen LogP contribution < -0.4 is 5.32 Å². The number of rotatable bonds is 7. The van der Waals surface area contributed by atoms with Gasteiger partial charge in [0, 0.05) is 19.2 Å². The van der Waals surface area contributed by atoms with Gasteiger partial charge in [-0.05, 0) is 25.7 Å². The summed E-state index contributed by atoms with van der Waals surface area (Å²) in [5.74, 6) is 0.310. The highest BCUT2D eigenvalue weighted by atomic mass is 16.5. The summed E-state index contributed by atoms with van der Waals surface area (Å²) in [4.78, 5) is 11.7. The minimum absolute atomic E-state index is 0.155. The highest BCUT2D eigenvalue weighted by Gasteiger charge is 2.13. The third kappa shape index (κ3) is 4.56. The van der Waals surface area contributed by atoms with E-state index in [2.05, 4.69) is 17.4 Å². The first kappa shape index (κ1) is 13.7. The second-order valence-electron chi connectivity index (χ2n) is 4.21. The Labute approximate surface area is 101 Å². The first-order chi connectivity index (χ1) is 8.17. The Morgan fingerprint density at radius 3 is 2.88 bits per heavy atom. The summed E-state index contributed by atoms with van der Waals surface area (Å²) >= 11 is 0. The van der Waals surface area contributed by atoms with Gasteiger partial charge in [0.05, 0.1) is 5.69 Å². The first-order valence-corrected chi connectivity index (χ1v) is 5.99. The van der Waals surface area contributed by atoms with Gasteiger partial charge >= 0.3 is 0 Å². The minimum atomic E-state index is -0.246. The monoisotopic (exact) mass is 240 g/mol. The van der Waals surface area contributed by atoms with Crippen molar-refractivity contribution in [2.45, 2.75) is 33.1 Å². The molecule has 0 aliphatic rings. The molecule has 1 unspecified atom stereocenters. The standard InChI is InChI=1S/C12H20N2O3/c1-3-4-10(5-6-15)8-13-12(16)11-7-9(2)14-17-11/h7,10,15H,3-6,8H2,1-2H3,(H,13,16). The van der Waals surface area contributed by atoms with Gasteiger partial charge in [-0.15, -0.1) is 0 Å². The lowest BCUT2D eigenvalue weighted by molar-refractivity contribution is 0.0906. The number of amides is 1. The number of aromatic nitrogens is 1. The number of hydrogen-bond donors (Lipinski definition) is 2. The van der Waals surface area contributed by atoms with E-state index in [-0.39, 0.29) is 18.3 Å². The third-order valence-corrected chi connectivity index (χ3v) is 2.64. The van der Waals surface area contributed by atoms with Crippen LogP contribution in [0.1, 0.15) is 42.4 Å². The molecule has 2 N–H and O–H groups in total. The van der Waals surface area contributed by atoms with Gasteiger partial charge in [-0.25, -0.2) is 0 Å². The highest BCUT2D eigenvalue weighted by molar-refractivity contribution is 5.91. The van der Waals surface area contributed by atoms with Crippen molar-refractivity contribution in [3.63, 3.8) is 0 Å². The van der Waals surface area contributed by atoms with E-state index in [1.807, 2.05) is 0 Å². The van der Waals surface area contributed by atoms with Gasteiger partial charge in [-0.2, -0.15) is 0 Å². The smallest absolute Gasteiger partial charge is 0.289 e. The molecule has 0 aliphatic carbocycles. The number of aliphatic hydroxyl groups excluding tert-OH is 1. The highest BCUT2D eigenvalue weighted by Crippen LogP contribution is 2.10. The van der Waals surface area contributed by atoms with Crippen LogP contribution in [-0.4, -0.2) is 29.3 Å². The molecule has 1 atom stereocenters. The first-order valence-electron chi connectivity index (χ1n) is 5.99. The molecule has 0 spiro atoms. The molecule has 1 rings (SSSR count). The molecule has 0 saturated carbocycles. The van der Waals surface area contributed by atoms with Crippen LogP contribution in [0.4, 0.5) is 0 Å². The number of carbonyl (C=O) groups excluding carboxylic acids is 1. The second kappa shape index (κ2) is 7.06. The lowest BCUT2D eigenvalue weighted by Crippen LogP contribution is -2.29. The van der Waals surface area contributed by atoms with E-state index in [1.165, 1.54) is 0 Å². The van der Waals surface area contributed by atoms with Gasteiger partial charge in [0.1, 0.15) is 0 Å². The van der Waals surface area contributed by atoms with Gasteiger partial charge in [0.15, 0.2) is 0 Å². The van der Waals surface area contributed by atoms with E-state index in [9.17, 15) is 4.79 Å². The number of nitrogens with zero attached hydrogens (tertiary/aromatic N) is 1. The SMILES string of the molecule is CCCC(CCO)CNC(=O)c1cc(C)no1. The zero-order chi connectivity index (χ0) is 12.7. The fourth-order valence-electron chi connectivity index (χ4n) is 1.73. The average molecular weight is 240 g/mol. The van der Waals surface area contributed by atoms with Crippen LogP contribution in [0.5, 0.6) is 0 Å². The van der Waals surface area contributed by atoms with E-state index in [4.69, 9.17) is 9.63 Å². The summed E-state index contributed by atoms with van der Waals surface area (Å²) in [7, 11) is 0. The molecule has 1 amide bonds. The number of aliphatic hydroxyl groups is 1. The molecule has 5 nitrogen and oxygen atoms in total. The molecule has 1 aromatic heterocycles. The zero-order valence-corrected chi connectivity index (χ0v) is 10.4. The van der Waals surface area contributed by atoms with Crippen LogP contribution in [-0.2, 0) is 0 Å². The Bertz CT molecular complexity index is 343. The van der Waals surface area contributed by atoms with Crippen molar-refractivity contribution < 1.29 is 14.4 Å². The van der Waals surface area contributed by atoms with Crippen LogP contribution in [0.2, 0.25) is 0 Å². The van der Waals surface area contributed by atoms with Gasteiger partial charge in [0.2, 0.25) is 5.76 Å². The number of nitrogens with one attached hydrogen (secondary N) is 1. The van der Waals surface area contributed by atoms with Crippen molar-refractivity contribution >= 4 is 5.91 Å². The Morgan fingerprint density at radius 1 is 1.59 bits per heavy atom. The van der Waals surface area contributed by atoms with Crippen LogP contribution in [0.3, 0.4) is 0 Å². The Morgan fingerprint density at radius 2 is 2.35 bits per heavy atom. The largest absolute Gasteiger partial charge is 0.396 e. The molecular formula is C12H20N2O3. The Hall–Kier alpha value is -1.36. The quantitative estimate of drug-likeness (QED) is 0.757. The zero-order valence-electron chi connectivity index (χ0n) is 10.4. The fourth-order valence-corrected chi connectivity index (χ4v) is 1.73. The molecule has 5 heteroatoms. The predicted octanol–water partition coefficient (Wildman–Crippen LogP) is 1.51.